The summed E-state index contributed by atoms with van der Waals surface area (Å²) in [5.41, 5.74) is 3.84. The summed E-state index contributed by atoms with van der Waals surface area (Å²) in [4.78, 5) is 6.19. The predicted molar refractivity (Wildman–Crippen MR) is 98.8 cm³/mol. The van der Waals surface area contributed by atoms with Gasteiger partial charge in [-0.15, -0.1) is 0 Å². The SMILES string of the molecule is CN(C)c1ccc(C[NH+]2CCN(c3ccccc3Cl)CC2)cc1. The zero-order valence-electron chi connectivity index (χ0n) is 13.9. The van der Waals surface area contributed by atoms with E-state index in [9.17, 15) is 0 Å². The molecule has 1 saturated heterocycles. The molecule has 0 unspecified atom stereocenters. The van der Waals surface area contributed by atoms with Gasteiger partial charge in [0.05, 0.1) is 36.9 Å². The third-order valence-corrected chi connectivity index (χ3v) is 4.89. The van der Waals surface area contributed by atoms with E-state index in [1.165, 1.54) is 16.9 Å². The van der Waals surface area contributed by atoms with Gasteiger partial charge in [-0.25, -0.2) is 0 Å². The number of para-hydroxylation sites is 1. The number of nitrogens with zero attached hydrogens (tertiary/aromatic N) is 2. The van der Waals surface area contributed by atoms with Crippen molar-refractivity contribution in [3.05, 3.63) is 59.1 Å². The fraction of sp³-hybridized carbons (Fsp3) is 0.368. The topological polar surface area (TPSA) is 10.9 Å². The molecule has 1 aliphatic rings. The third-order valence-electron chi connectivity index (χ3n) is 4.57. The van der Waals surface area contributed by atoms with Crippen LogP contribution >= 0.6 is 11.6 Å². The van der Waals surface area contributed by atoms with Crippen molar-refractivity contribution in [2.24, 2.45) is 0 Å². The van der Waals surface area contributed by atoms with E-state index in [4.69, 9.17) is 11.6 Å². The minimum atomic E-state index is 0.857. The number of hydrogen-bond donors (Lipinski definition) is 1. The summed E-state index contributed by atoms with van der Waals surface area (Å²) in [5, 5.41) is 0.857. The molecule has 1 aliphatic heterocycles. The Labute approximate surface area is 144 Å². The summed E-state index contributed by atoms with van der Waals surface area (Å²) in [6.07, 6.45) is 0. The molecule has 2 aromatic carbocycles. The molecule has 4 heteroatoms. The van der Waals surface area contributed by atoms with Crippen LogP contribution in [0.1, 0.15) is 5.56 Å². The second kappa shape index (κ2) is 7.24. The molecular formula is C19H25ClN3+. The van der Waals surface area contributed by atoms with Crippen molar-refractivity contribution in [2.75, 3.05) is 50.1 Å². The van der Waals surface area contributed by atoms with Crippen LogP contribution in [-0.2, 0) is 6.54 Å². The molecule has 0 aromatic heterocycles. The molecule has 0 amide bonds. The van der Waals surface area contributed by atoms with Crippen LogP contribution in [0.25, 0.3) is 0 Å². The summed E-state index contributed by atoms with van der Waals surface area (Å²) in [7, 11) is 4.16. The second-order valence-electron chi connectivity index (χ2n) is 6.43. The Hall–Kier alpha value is -1.71. The highest BCUT2D eigenvalue weighted by molar-refractivity contribution is 6.33. The molecule has 3 nitrogen and oxygen atoms in total. The van der Waals surface area contributed by atoms with Crippen molar-refractivity contribution in [3.8, 4) is 0 Å². The monoisotopic (exact) mass is 330 g/mol. The molecule has 0 spiro atoms. The first-order valence-electron chi connectivity index (χ1n) is 8.23. The van der Waals surface area contributed by atoms with E-state index in [2.05, 4.69) is 60.3 Å². The lowest BCUT2D eigenvalue weighted by molar-refractivity contribution is -0.914. The fourth-order valence-corrected chi connectivity index (χ4v) is 3.40. The van der Waals surface area contributed by atoms with Crippen molar-refractivity contribution >= 4 is 23.0 Å². The van der Waals surface area contributed by atoms with Crippen LogP contribution in [0.5, 0.6) is 0 Å². The van der Waals surface area contributed by atoms with E-state index in [0.29, 0.717) is 0 Å². The molecular weight excluding hydrogens is 306 g/mol. The molecule has 0 saturated carbocycles. The Balaban J connectivity index is 1.56. The minimum Gasteiger partial charge on any atom is -0.378 e. The van der Waals surface area contributed by atoms with E-state index < -0.39 is 0 Å². The van der Waals surface area contributed by atoms with Gasteiger partial charge in [-0.1, -0.05) is 35.9 Å². The second-order valence-corrected chi connectivity index (χ2v) is 6.83. The van der Waals surface area contributed by atoms with Crippen LogP contribution < -0.4 is 14.7 Å². The zero-order chi connectivity index (χ0) is 16.2. The number of rotatable bonds is 4. The average molecular weight is 331 g/mol. The number of halogens is 1. The largest absolute Gasteiger partial charge is 0.378 e. The molecule has 0 atom stereocenters. The quantitative estimate of drug-likeness (QED) is 0.922. The highest BCUT2D eigenvalue weighted by Crippen LogP contribution is 2.24. The first-order valence-corrected chi connectivity index (χ1v) is 8.60. The normalized spacial score (nSPS) is 15.7. The van der Waals surface area contributed by atoms with Gasteiger partial charge in [0.1, 0.15) is 6.54 Å². The van der Waals surface area contributed by atoms with Crippen molar-refractivity contribution in [1.29, 1.82) is 0 Å². The highest BCUT2D eigenvalue weighted by atomic mass is 35.5. The number of quaternary nitrogens is 1. The lowest BCUT2D eigenvalue weighted by Crippen LogP contribution is -3.13. The van der Waals surface area contributed by atoms with E-state index in [1.54, 1.807) is 4.90 Å². The maximum absolute atomic E-state index is 6.31. The molecule has 1 fully saturated rings. The lowest BCUT2D eigenvalue weighted by Gasteiger charge is -2.34. The molecule has 1 heterocycles. The first-order chi connectivity index (χ1) is 11.1. The van der Waals surface area contributed by atoms with Gasteiger partial charge in [0.25, 0.3) is 0 Å². The highest BCUT2D eigenvalue weighted by Gasteiger charge is 2.21. The van der Waals surface area contributed by atoms with Gasteiger partial charge >= 0.3 is 0 Å². The van der Waals surface area contributed by atoms with Gasteiger partial charge in [-0.2, -0.15) is 0 Å². The molecule has 2 aromatic rings. The lowest BCUT2D eigenvalue weighted by atomic mass is 10.1. The maximum Gasteiger partial charge on any atom is 0.103 e. The Morgan fingerprint density at radius 1 is 1.00 bits per heavy atom. The summed E-state index contributed by atoms with van der Waals surface area (Å²) < 4.78 is 0. The molecule has 0 radical (unpaired) electrons. The number of anilines is 2. The maximum atomic E-state index is 6.31. The molecule has 23 heavy (non-hydrogen) atoms. The summed E-state index contributed by atoms with van der Waals surface area (Å²) in [5.74, 6) is 0. The van der Waals surface area contributed by atoms with Crippen LogP contribution in [0, 0.1) is 0 Å². The van der Waals surface area contributed by atoms with Crippen LogP contribution in [0.2, 0.25) is 5.02 Å². The number of piperazine rings is 1. The smallest absolute Gasteiger partial charge is 0.103 e. The van der Waals surface area contributed by atoms with E-state index in [0.717, 1.165) is 37.7 Å². The standard InChI is InChI=1S/C19H24ClN3/c1-21(2)17-9-7-16(8-10-17)15-22-11-13-23(14-12-22)19-6-4-3-5-18(19)20/h3-10H,11-15H2,1-2H3/p+1. The predicted octanol–water partition coefficient (Wildman–Crippen LogP) is 2.31. The summed E-state index contributed by atoms with van der Waals surface area (Å²) in [6.45, 7) is 5.54. The van der Waals surface area contributed by atoms with Crippen molar-refractivity contribution in [1.82, 2.24) is 0 Å². The summed E-state index contributed by atoms with van der Waals surface area (Å²) in [6, 6.07) is 17.1. The molecule has 0 bridgehead atoms. The molecule has 3 rings (SSSR count). The molecule has 0 aliphatic carbocycles. The van der Waals surface area contributed by atoms with Crippen molar-refractivity contribution in [3.63, 3.8) is 0 Å². The Morgan fingerprint density at radius 3 is 2.26 bits per heavy atom. The fourth-order valence-electron chi connectivity index (χ4n) is 3.15. The Kier molecular flexibility index (Phi) is 5.09. The van der Waals surface area contributed by atoms with Crippen LogP contribution in [0.15, 0.2) is 48.5 Å². The first kappa shape index (κ1) is 16.2. The van der Waals surface area contributed by atoms with E-state index in [-0.39, 0.29) is 0 Å². The zero-order valence-corrected chi connectivity index (χ0v) is 14.7. The summed E-state index contributed by atoms with van der Waals surface area (Å²) >= 11 is 6.31. The van der Waals surface area contributed by atoms with Crippen molar-refractivity contribution in [2.45, 2.75) is 6.54 Å². The molecule has 122 valence electrons. The van der Waals surface area contributed by atoms with Gasteiger partial charge in [-0.3, -0.25) is 0 Å². The van der Waals surface area contributed by atoms with Crippen LogP contribution in [0.4, 0.5) is 11.4 Å². The Morgan fingerprint density at radius 2 is 1.65 bits per heavy atom. The van der Waals surface area contributed by atoms with Gasteiger partial charge in [-0.05, 0) is 24.3 Å². The Bertz CT molecular complexity index is 631. The third kappa shape index (κ3) is 3.98. The van der Waals surface area contributed by atoms with Gasteiger partial charge in [0.15, 0.2) is 0 Å². The van der Waals surface area contributed by atoms with Gasteiger partial charge < -0.3 is 14.7 Å². The average Bonchev–Trinajstić information content (AvgIpc) is 2.57. The number of hydrogen-bond acceptors (Lipinski definition) is 2. The van der Waals surface area contributed by atoms with Crippen molar-refractivity contribution < 1.29 is 4.90 Å². The van der Waals surface area contributed by atoms with E-state index >= 15 is 0 Å². The van der Waals surface area contributed by atoms with E-state index in [1.807, 2.05) is 12.1 Å². The van der Waals surface area contributed by atoms with Crippen LogP contribution in [-0.4, -0.2) is 40.3 Å². The van der Waals surface area contributed by atoms with Gasteiger partial charge in [0, 0.05) is 25.3 Å². The van der Waals surface area contributed by atoms with Gasteiger partial charge in [0.2, 0.25) is 0 Å². The number of nitrogens with one attached hydrogen (secondary N) is 1. The number of benzene rings is 2. The van der Waals surface area contributed by atoms with Crippen LogP contribution in [0.3, 0.4) is 0 Å². The molecule has 1 N–H and O–H groups in total. The minimum absolute atomic E-state index is 0.857.